The van der Waals surface area contributed by atoms with Crippen molar-refractivity contribution in [2.75, 3.05) is 6.61 Å². The lowest BCUT2D eigenvalue weighted by molar-refractivity contribution is -0.144. The lowest BCUT2D eigenvalue weighted by atomic mass is 9.91. The highest BCUT2D eigenvalue weighted by molar-refractivity contribution is 5.82. The van der Waals surface area contributed by atoms with E-state index < -0.39 is 0 Å². The largest absolute Gasteiger partial charge is 0.466 e. The Hall–Kier alpha value is -3.21. The maximum atomic E-state index is 12.1. The minimum Gasteiger partial charge on any atom is -0.466 e. The number of pyridine rings is 2. The van der Waals surface area contributed by atoms with Crippen LogP contribution in [0.25, 0.3) is 21.9 Å². The molecule has 0 N–H and O–H groups in total. The molecule has 0 spiro atoms. The van der Waals surface area contributed by atoms with Gasteiger partial charge in [-0.25, -0.2) is 9.97 Å². The number of carbonyl (C=O) groups excluding carboxylic acids is 1. The quantitative estimate of drug-likeness (QED) is 0.288. The summed E-state index contributed by atoms with van der Waals surface area (Å²) >= 11 is 0. The predicted octanol–water partition coefficient (Wildman–Crippen LogP) is 6.42. The molecular formula is C27H31N3O2. The first-order valence-electron chi connectivity index (χ1n) is 11.6. The SMILES string of the molecule is CCCC(CC(=O)OCC)n1ccc2cc(C(CC)c3ccc4cccnc4n3)ccc21. The molecule has 2 atom stereocenters. The van der Waals surface area contributed by atoms with Crippen LogP contribution in [0.2, 0.25) is 0 Å². The van der Waals surface area contributed by atoms with Gasteiger partial charge in [0, 0.05) is 35.3 Å². The molecule has 0 aliphatic rings. The maximum Gasteiger partial charge on any atom is 0.307 e. The maximum absolute atomic E-state index is 12.1. The van der Waals surface area contributed by atoms with Gasteiger partial charge in [-0.05, 0) is 73.2 Å². The van der Waals surface area contributed by atoms with E-state index >= 15 is 0 Å². The smallest absolute Gasteiger partial charge is 0.307 e. The van der Waals surface area contributed by atoms with Gasteiger partial charge in [0.25, 0.3) is 0 Å². The van der Waals surface area contributed by atoms with Gasteiger partial charge >= 0.3 is 5.97 Å². The molecule has 0 radical (unpaired) electrons. The van der Waals surface area contributed by atoms with Gasteiger partial charge in [0.2, 0.25) is 0 Å². The number of aromatic nitrogens is 3. The van der Waals surface area contributed by atoms with E-state index in [4.69, 9.17) is 9.72 Å². The molecule has 4 rings (SSSR count). The highest BCUT2D eigenvalue weighted by Crippen LogP contribution is 2.32. The summed E-state index contributed by atoms with van der Waals surface area (Å²) < 4.78 is 7.44. The van der Waals surface area contributed by atoms with Crippen molar-refractivity contribution in [3.63, 3.8) is 0 Å². The lowest BCUT2D eigenvalue weighted by Crippen LogP contribution is -2.15. The van der Waals surface area contributed by atoms with Gasteiger partial charge in [0.05, 0.1) is 18.7 Å². The number of hydrogen-bond acceptors (Lipinski definition) is 4. The number of carbonyl (C=O) groups is 1. The number of ether oxygens (including phenoxy) is 1. The van der Waals surface area contributed by atoms with Gasteiger partial charge in [-0.3, -0.25) is 4.79 Å². The molecule has 2 unspecified atom stereocenters. The number of nitrogens with zero attached hydrogens (tertiary/aromatic N) is 3. The van der Waals surface area contributed by atoms with Crippen LogP contribution in [0.1, 0.15) is 69.7 Å². The molecule has 166 valence electrons. The molecule has 1 aromatic carbocycles. The van der Waals surface area contributed by atoms with Gasteiger partial charge < -0.3 is 9.30 Å². The Morgan fingerprint density at radius 3 is 2.72 bits per heavy atom. The van der Waals surface area contributed by atoms with Crippen LogP contribution in [0.4, 0.5) is 0 Å². The Kier molecular flexibility index (Phi) is 6.84. The van der Waals surface area contributed by atoms with Crippen molar-refractivity contribution in [1.82, 2.24) is 14.5 Å². The summed E-state index contributed by atoms with van der Waals surface area (Å²) in [6, 6.07) is 17.1. The molecule has 0 aliphatic carbocycles. The van der Waals surface area contributed by atoms with Crippen molar-refractivity contribution in [2.45, 2.75) is 58.4 Å². The molecular weight excluding hydrogens is 398 g/mol. The van der Waals surface area contributed by atoms with Crippen molar-refractivity contribution in [2.24, 2.45) is 0 Å². The second kappa shape index (κ2) is 9.94. The lowest BCUT2D eigenvalue weighted by Gasteiger charge is -2.20. The van der Waals surface area contributed by atoms with Gasteiger partial charge in [-0.1, -0.05) is 26.3 Å². The number of esters is 1. The Morgan fingerprint density at radius 1 is 1.06 bits per heavy atom. The molecule has 32 heavy (non-hydrogen) atoms. The second-order valence-corrected chi connectivity index (χ2v) is 8.24. The summed E-state index contributed by atoms with van der Waals surface area (Å²) in [5.41, 5.74) is 4.23. The van der Waals surface area contributed by atoms with Crippen molar-refractivity contribution < 1.29 is 9.53 Å². The zero-order valence-electron chi connectivity index (χ0n) is 19.1. The summed E-state index contributed by atoms with van der Waals surface area (Å²) in [4.78, 5) is 21.4. The summed E-state index contributed by atoms with van der Waals surface area (Å²) in [7, 11) is 0. The fourth-order valence-corrected chi connectivity index (χ4v) is 4.58. The van der Waals surface area contributed by atoms with Crippen LogP contribution in [0.15, 0.2) is 60.9 Å². The minimum atomic E-state index is -0.133. The molecule has 3 heterocycles. The molecule has 5 heteroatoms. The summed E-state index contributed by atoms with van der Waals surface area (Å²) in [6.07, 6.45) is 7.21. The van der Waals surface area contributed by atoms with E-state index in [1.54, 1.807) is 6.20 Å². The van der Waals surface area contributed by atoms with Crippen molar-refractivity contribution >= 4 is 27.9 Å². The monoisotopic (exact) mass is 429 g/mol. The summed E-state index contributed by atoms with van der Waals surface area (Å²) in [5.74, 6) is 0.0755. The number of fused-ring (bicyclic) bond motifs is 2. The number of hydrogen-bond donors (Lipinski definition) is 0. The molecule has 0 saturated carbocycles. The zero-order chi connectivity index (χ0) is 22.5. The highest BCUT2D eigenvalue weighted by Gasteiger charge is 2.19. The van der Waals surface area contributed by atoms with Crippen LogP contribution in [-0.2, 0) is 9.53 Å². The third kappa shape index (κ3) is 4.52. The van der Waals surface area contributed by atoms with Gasteiger partial charge in [0.1, 0.15) is 0 Å². The molecule has 4 aromatic rings. The average Bonchev–Trinajstić information content (AvgIpc) is 3.23. The highest BCUT2D eigenvalue weighted by atomic mass is 16.5. The van der Waals surface area contributed by atoms with E-state index in [1.165, 1.54) is 10.9 Å². The second-order valence-electron chi connectivity index (χ2n) is 8.24. The molecule has 0 bridgehead atoms. The van der Waals surface area contributed by atoms with Crippen LogP contribution in [0.3, 0.4) is 0 Å². The van der Waals surface area contributed by atoms with Crippen LogP contribution in [0, 0.1) is 0 Å². The third-order valence-corrected chi connectivity index (χ3v) is 6.12. The molecule has 5 nitrogen and oxygen atoms in total. The third-order valence-electron chi connectivity index (χ3n) is 6.12. The topological polar surface area (TPSA) is 57.0 Å². The minimum absolute atomic E-state index is 0.109. The van der Waals surface area contributed by atoms with Crippen LogP contribution >= 0.6 is 0 Å². The average molecular weight is 430 g/mol. The standard InChI is InChI=1S/C27H31N3O2/c1-4-8-22(18-26(31)32-6-3)30-16-14-21-17-20(11-13-25(21)30)23(5-2)24-12-10-19-9-7-15-28-27(19)29-24/h7,9-17,22-23H,4-6,8,18H2,1-3H3. The first-order chi connectivity index (χ1) is 15.6. The van der Waals surface area contributed by atoms with Crippen molar-refractivity contribution in [3.8, 4) is 0 Å². The van der Waals surface area contributed by atoms with E-state index in [-0.39, 0.29) is 17.9 Å². The molecule has 0 aliphatic heterocycles. The van der Waals surface area contributed by atoms with E-state index in [0.29, 0.717) is 13.0 Å². The number of benzene rings is 1. The number of rotatable bonds is 9. The predicted molar refractivity (Wildman–Crippen MR) is 129 cm³/mol. The Labute approximate surface area is 189 Å². The van der Waals surface area contributed by atoms with Gasteiger partial charge in [-0.15, -0.1) is 0 Å². The van der Waals surface area contributed by atoms with E-state index in [2.05, 4.69) is 66.0 Å². The van der Waals surface area contributed by atoms with Crippen LogP contribution in [0.5, 0.6) is 0 Å². The zero-order valence-corrected chi connectivity index (χ0v) is 19.1. The fourth-order valence-electron chi connectivity index (χ4n) is 4.58. The van der Waals surface area contributed by atoms with Gasteiger partial charge in [0.15, 0.2) is 5.65 Å². The molecule has 3 aromatic heterocycles. The van der Waals surface area contributed by atoms with Crippen LogP contribution in [-0.4, -0.2) is 27.1 Å². The first kappa shape index (κ1) is 22.0. The normalized spacial score (nSPS) is 13.3. The van der Waals surface area contributed by atoms with E-state index in [0.717, 1.165) is 41.5 Å². The summed E-state index contributed by atoms with van der Waals surface area (Å²) in [5, 5.41) is 2.24. The van der Waals surface area contributed by atoms with E-state index in [9.17, 15) is 4.79 Å². The first-order valence-corrected chi connectivity index (χ1v) is 11.6. The summed E-state index contributed by atoms with van der Waals surface area (Å²) in [6.45, 7) is 6.62. The van der Waals surface area contributed by atoms with Crippen molar-refractivity contribution in [1.29, 1.82) is 0 Å². The molecule has 0 amide bonds. The van der Waals surface area contributed by atoms with Crippen molar-refractivity contribution in [3.05, 3.63) is 72.2 Å². The van der Waals surface area contributed by atoms with Crippen LogP contribution < -0.4 is 0 Å². The van der Waals surface area contributed by atoms with Gasteiger partial charge in [-0.2, -0.15) is 0 Å². The Morgan fingerprint density at radius 2 is 1.94 bits per heavy atom. The molecule has 0 saturated heterocycles. The molecule has 0 fully saturated rings. The Balaban J connectivity index is 1.66. The fraction of sp³-hybridized carbons (Fsp3) is 0.370. The van der Waals surface area contributed by atoms with E-state index in [1.807, 2.05) is 19.1 Å². The Bertz CT molecular complexity index is 1210.